The summed E-state index contributed by atoms with van der Waals surface area (Å²) in [5.41, 5.74) is -0.475. The van der Waals surface area contributed by atoms with Gasteiger partial charge in [-0.25, -0.2) is 0 Å². The third-order valence-electron chi connectivity index (χ3n) is 11.3. The lowest BCUT2D eigenvalue weighted by Crippen LogP contribution is -2.60. The van der Waals surface area contributed by atoms with Gasteiger partial charge < -0.3 is 29.3 Å². The standard InChI is InChI=1S/C38H53N3O7/c1-6-9-20-30(43)39(5)25(4)33(26-16-12-10-13-17-26)47-37(46)31-29-21-22-38(48-29)32(31)35(44)41(27(8-3)24-42)34(38)36(45)40(23-7-2)28-18-14-11-15-19-28/h6-7,10,12-13,16-17,25,27-29,31-34,42H,1-2,8-9,11,14-15,18-24H2,3-5H3/t25-,27+,29+,31-,32-,33+,34+,38-/m1/s1. The van der Waals surface area contributed by atoms with Gasteiger partial charge in [0.05, 0.1) is 36.6 Å². The molecule has 10 heteroatoms. The van der Waals surface area contributed by atoms with Crippen molar-refractivity contribution < 1.29 is 33.8 Å². The average molecular weight is 664 g/mol. The van der Waals surface area contributed by atoms with Gasteiger partial charge in [0, 0.05) is 26.1 Å². The van der Waals surface area contributed by atoms with Gasteiger partial charge in [-0.15, -0.1) is 13.2 Å². The zero-order valence-corrected chi connectivity index (χ0v) is 28.8. The number of amides is 3. The summed E-state index contributed by atoms with van der Waals surface area (Å²) in [4.78, 5) is 61.7. The maximum absolute atomic E-state index is 14.8. The predicted octanol–water partition coefficient (Wildman–Crippen LogP) is 4.58. The summed E-state index contributed by atoms with van der Waals surface area (Å²) in [6, 6.07) is 7.26. The van der Waals surface area contributed by atoms with Crippen LogP contribution in [0.4, 0.5) is 0 Å². The summed E-state index contributed by atoms with van der Waals surface area (Å²) >= 11 is 0. The molecule has 5 rings (SSSR count). The number of ether oxygens (including phenoxy) is 2. The fourth-order valence-electron chi connectivity index (χ4n) is 8.68. The average Bonchev–Trinajstić information content (AvgIpc) is 3.76. The number of aliphatic hydroxyl groups is 1. The first kappa shape index (κ1) is 35.8. The fraction of sp³-hybridized carbons (Fsp3) is 0.632. The van der Waals surface area contributed by atoms with Crippen molar-refractivity contribution in [3.05, 3.63) is 61.2 Å². The first-order valence-corrected chi connectivity index (χ1v) is 17.8. The van der Waals surface area contributed by atoms with Crippen LogP contribution in [0.2, 0.25) is 0 Å². The van der Waals surface area contributed by atoms with Gasteiger partial charge in [0.15, 0.2) is 0 Å². The quantitative estimate of drug-likeness (QED) is 0.216. The van der Waals surface area contributed by atoms with Crippen LogP contribution in [-0.4, -0.2) is 99.6 Å². The number of aliphatic hydroxyl groups excluding tert-OH is 1. The Hall–Kier alpha value is -3.50. The molecule has 8 atom stereocenters. The van der Waals surface area contributed by atoms with Crippen LogP contribution in [0, 0.1) is 11.8 Å². The van der Waals surface area contributed by atoms with Gasteiger partial charge in [0.2, 0.25) is 17.7 Å². The highest BCUT2D eigenvalue weighted by molar-refractivity contribution is 5.98. The number of allylic oxidation sites excluding steroid dienone is 1. The van der Waals surface area contributed by atoms with Crippen molar-refractivity contribution in [2.45, 2.75) is 120 Å². The minimum Gasteiger partial charge on any atom is -0.455 e. The number of hydrogen-bond donors (Lipinski definition) is 1. The molecule has 262 valence electrons. The molecule has 10 nitrogen and oxygen atoms in total. The molecule has 1 spiro atoms. The van der Waals surface area contributed by atoms with E-state index in [0.29, 0.717) is 32.2 Å². The van der Waals surface area contributed by atoms with E-state index in [4.69, 9.17) is 9.47 Å². The zero-order chi connectivity index (χ0) is 34.6. The van der Waals surface area contributed by atoms with E-state index in [2.05, 4.69) is 13.2 Å². The number of benzene rings is 1. The number of carbonyl (C=O) groups excluding carboxylic acids is 4. The molecule has 4 aliphatic rings. The molecule has 48 heavy (non-hydrogen) atoms. The van der Waals surface area contributed by atoms with Crippen LogP contribution < -0.4 is 0 Å². The molecule has 3 saturated heterocycles. The maximum Gasteiger partial charge on any atom is 0.313 e. The zero-order valence-electron chi connectivity index (χ0n) is 28.8. The van der Waals surface area contributed by atoms with E-state index < -0.39 is 53.7 Å². The molecule has 0 unspecified atom stereocenters. The Morgan fingerprint density at radius 2 is 1.83 bits per heavy atom. The van der Waals surface area contributed by atoms with Gasteiger partial charge in [0.1, 0.15) is 17.7 Å². The van der Waals surface area contributed by atoms with Crippen LogP contribution in [0.3, 0.4) is 0 Å². The van der Waals surface area contributed by atoms with E-state index in [1.165, 1.54) is 4.90 Å². The number of fused-ring (bicyclic) bond motifs is 1. The number of likely N-dealkylation sites (N-methyl/N-ethyl adjacent to an activating group) is 1. The second-order valence-electron chi connectivity index (χ2n) is 14.0. The molecule has 4 fully saturated rings. The minimum absolute atomic E-state index is 0.0320. The van der Waals surface area contributed by atoms with Crippen molar-refractivity contribution in [1.29, 1.82) is 0 Å². The van der Waals surface area contributed by atoms with Crippen LogP contribution in [-0.2, 0) is 28.7 Å². The topological polar surface area (TPSA) is 117 Å². The highest BCUT2D eigenvalue weighted by atomic mass is 16.6. The van der Waals surface area contributed by atoms with Crippen molar-refractivity contribution in [3.63, 3.8) is 0 Å². The van der Waals surface area contributed by atoms with Crippen LogP contribution in [0.25, 0.3) is 0 Å². The first-order chi connectivity index (χ1) is 23.1. The molecule has 2 bridgehead atoms. The maximum atomic E-state index is 14.8. The van der Waals surface area contributed by atoms with Crippen LogP contribution in [0.5, 0.6) is 0 Å². The number of rotatable bonds is 15. The lowest BCUT2D eigenvalue weighted by molar-refractivity contribution is -0.165. The number of nitrogens with zero attached hydrogens (tertiary/aromatic N) is 3. The van der Waals surface area contributed by atoms with E-state index >= 15 is 0 Å². The number of esters is 1. The van der Waals surface area contributed by atoms with Gasteiger partial charge in [-0.05, 0) is 51.0 Å². The molecule has 0 radical (unpaired) electrons. The lowest BCUT2D eigenvalue weighted by atomic mass is 9.70. The van der Waals surface area contributed by atoms with Crippen molar-refractivity contribution >= 4 is 23.7 Å². The summed E-state index contributed by atoms with van der Waals surface area (Å²) in [6.07, 6.45) is 9.23. The highest BCUT2D eigenvalue weighted by Gasteiger charge is 2.75. The normalized spacial score (nSPS) is 28.3. The molecule has 0 aromatic heterocycles. The van der Waals surface area contributed by atoms with E-state index in [1.54, 1.807) is 24.1 Å². The Bertz CT molecular complexity index is 1340. The van der Waals surface area contributed by atoms with Gasteiger partial charge in [-0.1, -0.05) is 68.7 Å². The summed E-state index contributed by atoms with van der Waals surface area (Å²) in [5.74, 6) is -3.07. The Labute approximate surface area is 285 Å². The molecule has 1 N–H and O–H groups in total. The molecule has 1 aromatic rings. The number of hydrogen-bond acceptors (Lipinski definition) is 7. The molecule has 1 saturated carbocycles. The van der Waals surface area contributed by atoms with Crippen LogP contribution >= 0.6 is 0 Å². The van der Waals surface area contributed by atoms with E-state index in [9.17, 15) is 24.3 Å². The molecule has 1 aliphatic carbocycles. The van der Waals surface area contributed by atoms with Gasteiger partial charge in [-0.2, -0.15) is 0 Å². The van der Waals surface area contributed by atoms with E-state index in [0.717, 1.165) is 37.7 Å². The first-order valence-electron chi connectivity index (χ1n) is 17.8. The smallest absolute Gasteiger partial charge is 0.313 e. The predicted molar refractivity (Wildman–Crippen MR) is 181 cm³/mol. The van der Waals surface area contributed by atoms with Gasteiger partial charge in [0.25, 0.3) is 0 Å². The van der Waals surface area contributed by atoms with E-state index in [-0.39, 0.29) is 36.8 Å². The van der Waals surface area contributed by atoms with Crippen molar-refractivity contribution in [2.24, 2.45) is 11.8 Å². The lowest BCUT2D eigenvalue weighted by Gasteiger charge is -2.42. The molecule has 3 amide bonds. The summed E-state index contributed by atoms with van der Waals surface area (Å²) in [7, 11) is 1.70. The molecular weight excluding hydrogens is 610 g/mol. The summed E-state index contributed by atoms with van der Waals surface area (Å²) < 4.78 is 13.0. The second kappa shape index (κ2) is 15.4. The summed E-state index contributed by atoms with van der Waals surface area (Å²) in [6.45, 7) is 11.4. The third kappa shape index (κ3) is 6.45. The van der Waals surface area contributed by atoms with E-state index in [1.807, 2.05) is 49.1 Å². The molecule has 1 aromatic carbocycles. The Morgan fingerprint density at radius 1 is 1.12 bits per heavy atom. The SMILES string of the molecule is C=CCCC(=O)N(C)[C@H](C)[C@H](OC(=O)[C@@H]1[C@@H]2CC[C@]3(O2)[C@H](C(=O)N(CC=C)C2CCCCC2)N([C@@H](CC)CO)C(=O)[C@@H]13)c1ccccc1. The van der Waals surface area contributed by atoms with Crippen LogP contribution in [0.15, 0.2) is 55.6 Å². The number of likely N-dealkylation sites (tertiary alicyclic amines) is 1. The number of carbonyl (C=O) groups is 4. The van der Waals surface area contributed by atoms with Crippen molar-refractivity contribution in [1.82, 2.24) is 14.7 Å². The highest BCUT2D eigenvalue weighted by Crippen LogP contribution is 2.59. The Balaban J connectivity index is 1.48. The monoisotopic (exact) mass is 663 g/mol. The van der Waals surface area contributed by atoms with Gasteiger partial charge >= 0.3 is 5.97 Å². The Morgan fingerprint density at radius 3 is 2.46 bits per heavy atom. The summed E-state index contributed by atoms with van der Waals surface area (Å²) in [5, 5.41) is 10.5. The molecular formula is C38H53N3O7. The van der Waals surface area contributed by atoms with Crippen LogP contribution in [0.1, 0.15) is 89.7 Å². The fourth-order valence-corrected chi connectivity index (χ4v) is 8.68. The third-order valence-corrected chi connectivity index (χ3v) is 11.3. The minimum atomic E-state index is -1.20. The molecule has 3 aliphatic heterocycles. The Kier molecular flexibility index (Phi) is 11.5. The van der Waals surface area contributed by atoms with Crippen molar-refractivity contribution in [3.8, 4) is 0 Å². The molecule has 3 heterocycles. The van der Waals surface area contributed by atoms with Gasteiger partial charge in [-0.3, -0.25) is 19.2 Å². The largest absolute Gasteiger partial charge is 0.455 e. The van der Waals surface area contributed by atoms with Crippen molar-refractivity contribution in [2.75, 3.05) is 20.2 Å². The second-order valence-corrected chi connectivity index (χ2v) is 14.0.